The van der Waals surface area contributed by atoms with Crippen molar-refractivity contribution in [2.24, 2.45) is 5.92 Å². The van der Waals surface area contributed by atoms with Crippen molar-refractivity contribution < 1.29 is 13.2 Å². The average Bonchev–Trinajstić information content (AvgIpc) is 2.56. The summed E-state index contributed by atoms with van der Waals surface area (Å²) in [5.41, 5.74) is 1.09. The van der Waals surface area contributed by atoms with Gasteiger partial charge in [0.25, 0.3) is 0 Å². The van der Waals surface area contributed by atoms with Gasteiger partial charge in [0, 0.05) is 24.7 Å². The summed E-state index contributed by atoms with van der Waals surface area (Å²) in [6, 6.07) is 7.70. The Balaban J connectivity index is 2.09. The maximum Gasteiger partial charge on any atom is 0.213 e. The zero-order chi connectivity index (χ0) is 17.6. The maximum atomic E-state index is 12.1. The maximum absolute atomic E-state index is 12.1. The van der Waals surface area contributed by atoms with E-state index in [0.717, 1.165) is 37.4 Å². The predicted octanol–water partition coefficient (Wildman–Crippen LogP) is 2.68. The number of nitrogens with one attached hydrogen (secondary N) is 1. The van der Waals surface area contributed by atoms with Gasteiger partial charge in [-0.15, -0.1) is 0 Å². The molecule has 136 valence electrons. The van der Waals surface area contributed by atoms with Crippen LogP contribution in [0.25, 0.3) is 0 Å². The smallest absolute Gasteiger partial charge is 0.213 e. The summed E-state index contributed by atoms with van der Waals surface area (Å²) in [5, 5.41) is 0.686. The van der Waals surface area contributed by atoms with Gasteiger partial charge in [-0.25, -0.2) is 13.1 Å². The lowest BCUT2D eigenvalue weighted by atomic mass is 9.96. The van der Waals surface area contributed by atoms with Gasteiger partial charge in [0.15, 0.2) is 0 Å². The Morgan fingerprint density at radius 1 is 1.29 bits per heavy atom. The van der Waals surface area contributed by atoms with E-state index in [9.17, 15) is 8.42 Å². The van der Waals surface area contributed by atoms with Crippen LogP contribution in [0.1, 0.15) is 31.4 Å². The molecule has 1 fully saturated rings. The average molecular weight is 375 g/mol. The minimum absolute atomic E-state index is 0.0200. The molecule has 1 aromatic rings. The van der Waals surface area contributed by atoms with Crippen LogP contribution in [0.15, 0.2) is 24.3 Å². The molecular formula is C17H27ClN2O3S. The van der Waals surface area contributed by atoms with Gasteiger partial charge in [-0.05, 0) is 49.5 Å². The monoisotopic (exact) mass is 374 g/mol. The van der Waals surface area contributed by atoms with Crippen LogP contribution < -0.4 is 4.72 Å². The molecule has 1 atom stereocenters. The summed E-state index contributed by atoms with van der Waals surface area (Å²) >= 11 is 5.99. The molecule has 1 unspecified atom stereocenters. The number of piperidine rings is 1. The summed E-state index contributed by atoms with van der Waals surface area (Å²) in [6.45, 7) is 4.79. The highest BCUT2D eigenvalue weighted by Gasteiger charge is 2.26. The van der Waals surface area contributed by atoms with Gasteiger partial charge in [-0.1, -0.05) is 30.7 Å². The molecular weight excluding hydrogens is 348 g/mol. The fourth-order valence-electron chi connectivity index (χ4n) is 2.95. The SMILES string of the molecule is COCCS(=O)(=O)NCC(c1ccc(Cl)cc1)N1CCC(C)CC1. The van der Waals surface area contributed by atoms with Crippen molar-refractivity contribution in [1.82, 2.24) is 9.62 Å². The summed E-state index contributed by atoms with van der Waals surface area (Å²) in [4.78, 5) is 2.36. The highest BCUT2D eigenvalue weighted by molar-refractivity contribution is 7.89. The number of nitrogens with zero attached hydrogens (tertiary/aromatic N) is 1. The van der Waals surface area contributed by atoms with Crippen LogP contribution >= 0.6 is 11.6 Å². The molecule has 0 radical (unpaired) electrons. The lowest BCUT2D eigenvalue weighted by Crippen LogP contribution is -2.42. The fraction of sp³-hybridized carbons (Fsp3) is 0.647. The molecule has 0 saturated carbocycles. The number of ether oxygens (including phenoxy) is 1. The molecule has 2 rings (SSSR count). The van der Waals surface area contributed by atoms with E-state index < -0.39 is 10.0 Å². The van der Waals surface area contributed by atoms with Crippen molar-refractivity contribution in [2.75, 3.05) is 39.1 Å². The van der Waals surface area contributed by atoms with Gasteiger partial charge in [-0.3, -0.25) is 4.90 Å². The van der Waals surface area contributed by atoms with Gasteiger partial charge in [0.05, 0.1) is 12.4 Å². The fourth-order valence-corrected chi connectivity index (χ4v) is 4.02. The Morgan fingerprint density at radius 3 is 2.50 bits per heavy atom. The van der Waals surface area contributed by atoms with Crippen LogP contribution in [0.3, 0.4) is 0 Å². The van der Waals surface area contributed by atoms with E-state index in [-0.39, 0.29) is 18.4 Å². The highest BCUT2D eigenvalue weighted by atomic mass is 35.5. The van der Waals surface area contributed by atoms with Crippen molar-refractivity contribution in [2.45, 2.75) is 25.8 Å². The van der Waals surface area contributed by atoms with E-state index in [4.69, 9.17) is 16.3 Å². The lowest BCUT2D eigenvalue weighted by Gasteiger charge is -2.37. The minimum Gasteiger partial charge on any atom is -0.384 e. The van der Waals surface area contributed by atoms with Crippen molar-refractivity contribution >= 4 is 21.6 Å². The summed E-state index contributed by atoms with van der Waals surface area (Å²) < 4.78 is 31.8. The van der Waals surface area contributed by atoms with Crippen molar-refractivity contribution in [1.29, 1.82) is 0 Å². The number of benzene rings is 1. The molecule has 1 aromatic carbocycles. The molecule has 1 saturated heterocycles. The first kappa shape index (κ1) is 19.7. The van der Waals surface area contributed by atoms with E-state index >= 15 is 0 Å². The Bertz CT molecular complexity index is 599. The molecule has 5 nitrogen and oxygen atoms in total. The van der Waals surface area contributed by atoms with Crippen LogP contribution in [0.4, 0.5) is 0 Å². The van der Waals surface area contributed by atoms with Gasteiger partial charge >= 0.3 is 0 Å². The van der Waals surface area contributed by atoms with Crippen molar-refractivity contribution in [3.63, 3.8) is 0 Å². The van der Waals surface area contributed by atoms with Crippen LogP contribution in [0.2, 0.25) is 5.02 Å². The largest absolute Gasteiger partial charge is 0.384 e. The molecule has 7 heteroatoms. The molecule has 1 heterocycles. The number of halogens is 1. The summed E-state index contributed by atoms with van der Waals surface area (Å²) in [6.07, 6.45) is 2.28. The normalized spacial score (nSPS) is 18.6. The molecule has 1 aliphatic heterocycles. The first-order chi connectivity index (χ1) is 11.4. The van der Waals surface area contributed by atoms with Gasteiger partial charge in [-0.2, -0.15) is 0 Å². The Hall–Kier alpha value is -0.660. The standard InChI is InChI=1S/C17H27ClN2O3S/c1-14-7-9-20(10-8-14)17(15-3-5-16(18)6-4-15)13-19-24(21,22)12-11-23-2/h3-6,14,17,19H,7-13H2,1-2H3. The van der Waals surface area contributed by atoms with E-state index in [2.05, 4.69) is 16.5 Å². The third kappa shape index (κ3) is 6.01. The molecule has 1 aliphatic rings. The quantitative estimate of drug-likeness (QED) is 0.760. The Morgan fingerprint density at radius 2 is 1.92 bits per heavy atom. The van der Waals surface area contributed by atoms with Gasteiger partial charge in [0.1, 0.15) is 0 Å². The second-order valence-electron chi connectivity index (χ2n) is 6.45. The molecule has 1 N–H and O–H groups in total. The zero-order valence-corrected chi connectivity index (χ0v) is 15.9. The Labute approximate surface area is 150 Å². The van der Waals surface area contributed by atoms with Crippen LogP contribution in [0.5, 0.6) is 0 Å². The van der Waals surface area contributed by atoms with E-state index in [0.29, 0.717) is 11.6 Å². The molecule has 0 aliphatic carbocycles. The van der Waals surface area contributed by atoms with E-state index in [1.807, 2.05) is 24.3 Å². The third-order valence-electron chi connectivity index (χ3n) is 4.57. The molecule has 0 bridgehead atoms. The Kier molecular flexibility index (Phi) is 7.50. The molecule has 24 heavy (non-hydrogen) atoms. The predicted molar refractivity (Wildman–Crippen MR) is 97.8 cm³/mol. The minimum atomic E-state index is -3.33. The summed E-state index contributed by atoms with van der Waals surface area (Å²) in [5.74, 6) is 0.707. The number of methoxy groups -OCH3 is 1. The molecule has 0 aromatic heterocycles. The third-order valence-corrected chi connectivity index (χ3v) is 6.13. The zero-order valence-electron chi connectivity index (χ0n) is 14.4. The second kappa shape index (κ2) is 9.15. The highest BCUT2D eigenvalue weighted by Crippen LogP contribution is 2.27. The van der Waals surface area contributed by atoms with Crippen LogP contribution in [-0.4, -0.2) is 52.4 Å². The molecule has 0 amide bonds. The number of hydrogen-bond donors (Lipinski definition) is 1. The lowest BCUT2D eigenvalue weighted by molar-refractivity contribution is 0.139. The topological polar surface area (TPSA) is 58.6 Å². The number of rotatable bonds is 8. The summed E-state index contributed by atoms with van der Waals surface area (Å²) in [7, 11) is -1.83. The first-order valence-corrected chi connectivity index (χ1v) is 10.4. The van der Waals surface area contributed by atoms with Crippen LogP contribution in [-0.2, 0) is 14.8 Å². The van der Waals surface area contributed by atoms with E-state index in [1.54, 1.807) is 0 Å². The van der Waals surface area contributed by atoms with Crippen molar-refractivity contribution in [3.8, 4) is 0 Å². The van der Waals surface area contributed by atoms with Gasteiger partial charge in [0.2, 0.25) is 10.0 Å². The van der Waals surface area contributed by atoms with Crippen LogP contribution in [0, 0.1) is 5.92 Å². The number of sulfonamides is 1. The number of likely N-dealkylation sites (tertiary alicyclic amines) is 1. The first-order valence-electron chi connectivity index (χ1n) is 8.37. The van der Waals surface area contributed by atoms with E-state index in [1.165, 1.54) is 7.11 Å². The van der Waals surface area contributed by atoms with Crippen molar-refractivity contribution in [3.05, 3.63) is 34.9 Å². The molecule has 0 spiro atoms. The number of hydrogen-bond acceptors (Lipinski definition) is 4. The second-order valence-corrected chi connectivity index (χ2v) is 8.81. The van der Waals surface area contributed by atoms with Gasteiger partial charge < -0.3 is 4.74 Å².